The van der Waals surface area contributed by atoms with Gasteiger partial charge in [0.1, 0.15) is 6.04 Å². The molecule has 7 rings (SSSR count). The first-order valence-electron chi connectivity index (χ1n) is 14.4. The Morgan fingerprint density at radius 1 is 0.946 bits per heavy atom. The van der Waals surface area contributed by atoms with E-state index in [1.54, 1.807) is 31.2 Å². The van der Waals surface area contributed by atoms with Crippen LogP contribution in [-0.4, -0.2) is 47.3 Å². The van der Waals surface area contributed by atoms with Crippen LogP contribution in [0.2, 0.25) is 0 Å². The van der Waals surface area contributed by atoms with Crippen molar-refractivity contribution >= 4 is 29.4 Å². The summed E-state index contributed by atoms with van der Waals surface area (Å²) in [5.41, 5.74) is 0.475. The van der Waals surface area contributed by atoms with Gasteiger partial charge in [-0.05, 0) is 100 Å². The van der Waals surface area contributed by atoms with E-state index in [2.05, 4.69) is 0 Å². The van der Waals surface area contributed by atoms with Crippen molar-refractivity contribution in [3.8, 4) is 0 Å². The smallest absolute Gasteiger partial charge is 0.338 e. The van der Waals surface area contributed by atoms with Gasteiger partial charge in [-0.3, -0.25) is 14.4 Å². The van der Waals surface area contributed by atoms with Crippen LogP contribution in [0.4, 0.5) is 5.69 Å². The third-order valence-electron chi connectivity index (χ3n) is 9.79. The summed E-state index contributed by atoms with van der Waals surface area (Å²) in [6.45, 7) is 2.02. The molecule has 1 aliphatic heterocycles. The highest BCUT2D eigenvalue weighted by Crippen LogP contribution is 2.61. The Balaban J connectivity index is 1.28. The summed E-state index contributed by atoms with van der Waals surface area (Å²) < 4.78 is 5.05. The van der Waals surface area contributed by atoms with Crippen LogP contribution in [0.5, 0.6) is 0 Å². The number of ether oxygens (including phenoxy) is 1. The second kappa shape index (κ2) is 9.55. The van der Waals surface area contributed by atoms with E-state index in [0.29, 0.717) is 29.0 Å². The number of amides is 3. The lowest BCUT2D eigenvalue weighted by Gasteiger charge is -2.57. The van der Waals surface area contributed by atoms with E-state index >= 15 is 0 Å². The summed E-state index contributed by atoms with van der Waals surface area (Å²) in [7, 11) is 0. The van der Waals surface area contributed by atoms with E-state index in [0.717, 1.165) is 51.4 Å². The molecule has 0 aromatic heterocycles. The Morgan fingerprint density at radius 2 is 1.54 bits per heavy atom. The molecule has 3 amide bonds. The number of nitrogens with zero attached hydrogens (tertiary/aromatic N) is 2. The number of rotatable bonds is 6. The number of hydrogen-bond acceptors (Lipinski definition) is 5. The highest BCUT2D eigenvalue weighted by atomic mass is 16.5. The lowest BCUT2D eigenvalue weighted by atomic mass is 9.49. The van der Waals surface area contributed by atoms with E-state index in [4.69, 9.17) is 4.74 Å². The molecule has 1 unspecified atom stereocenters. The van der Waals surface area contributed by atoms with Crippen molar-refractivity contribution in [2.45, 2.75) is 96.1 Å². The molecule has 7 nitrogen and oxygen atoms in total. The van der Waals surface area contributed by atoms with E-state index in [9.17, 15) is 19.2 Å². The molecule has 1 saturated heterocycles. The predicted octanol–water partition coefficient (Wildman–Crippen LogP) is 4.87. The van der Waals surface area contributed by atoms with Crippen LogP contribution in [0.25, 0.3) is 0 Å². The van der Waals surface area contributed by atoms with Crippen molar-refractivity contribution < 1.29 is 23.9 Å². The third-order valence-corrected chi connectivity index (χ3v) is 9.79. The molecule has 5 saturated carbocycles. The highest BCUT2D eigenvalue weighted by molar-refractivity contribution is 6.23. The number of imide groups is 1. The van der Waals surface area contributed by atoms with Gasteiger partial charge in [0.25, 0.3) is 5.91 Å². The van der Waals surface area contributed by atoms with Gasteiger partial charge in [-0.25, -0.2) is 9.69 Å². The minimum atomic E-state index is -0.735. The second-order valence-corrected chi connectivity index (χ2v) is 12.3. The van der Waals surface area contributed by atoms with Gasteiger partial charge in [-0.1, -0.05) is 19.3 Å². The topological polar surface area (TPSA) is 84.0 Å². The van der Waals surface area contributed by atoms with Crippen molar-refractivity contribution in [2.75, 3.05) is 11.5 Å². The molecule has 4 bridgehead atoms. The highest BCUT2D eigenvalue weighted by Gasteiger charge is 2.58. The summed E-state index contributed by atoms with van der Waals surface area (Å²) in [6.07, 6.45) is 11.8. The molecule has 6 fully saturated rings. The zero-order valence-electron chi connectivity index (χ0n) is 21.8. The molecule has 0 radical (unpaired) electrons. The zero-order chi connectivity index (χ0) is 25.7. The molecule has 7 heteroatoms. The molecular weight excluding hydrogens is 468 g/mol. The largest absolute Gasteiger partial charge is 0.462 e. The van der Waals surface area contributed by atoms with Gasteiger partial charge in [0.05, 0.1) is 29.7 Å². The van der Waals surface area contributed by atoms with Crippen LogP contribution in [-0.2, 0) is 19.1 Å². The first-order valence-corrected chi connectivity index (χ1v) is 14.4. The van der Waals surface area contributed by atoms with Crippen LogP contribution >= 0.6 is 0 Å². The number of carbonyl (C=O) groups excluding carboxylic acids is 4. The van der Waals surface area contributed by atoms with Crippen molar-refractivity contribution in [1.82, 2.24) is 4.90 Å². The molecule has 0 spiro atoms. The second-order valence-electron chi connectivity index (χ2n) is 12.3. The van der Waals surface area contributed by atoms with Crippen molar-refractivity contribution in [3.05, 3.63) is 29.8 Å². The van der Waals surface area contributed by atoms with E-state index in [-0.39, 0.29) is 42.2 Å². The fraction of sp³-hybridized carbons (Fsp3) is 0.667. The van der Waals surface area contributed by atoms with Crippen LogP contribution in [0.1, 0.15) is 94.3 Å². The molecule has 1 heterocycles. The summed E-state index contributed by atoms with van der Waals surface area (Å²) >= 11 is 0. The Bertz CT molecular complexity index is 1050. The monoisotopic (exact) mass is 506 g/mol. The van der Waals surface area contributed by atoms with Crippen molar-refractivity contribution in [2.24, 2.45) is 23.2 Å². The molecule has 1 aromatic carbocycles. The molecule has 6 aliphatic rings. The van der Waals surface area contributed by atoms with Gasteiger partial charge in [-0.2, -0.15) is 0 Å². The third kappa shape index (κ3) is 4.28. The van der Waals surface area contributed by atoms with Crippen LogP contribution in [0.15, 0.2) is 24.3 Å². The van der Waals surface area contributed by atoms with Gasteiger partial charge < -0.3 is 9.64 Å². The SMILES string of the molecule is CCOC(=O)c1ccc(N2C(=O)CC(N(C(=O)C34CC5CC(CC(C5)C3)C4)C3CCCCC3)C2=O)cc1. The predicted molar refractivity (Wildman–Crippen MR) is 138 cm³/mol. The maximum Gasteiger partial charge on any atom is 0.338 e. The van der Waals surface area contributed by atoms with E-state index in [1.165, 1.54) is 24.2 Å². The number of anilines is 1. The lowest BCUT2D eigenvalue weighted by Crippen LogP contribution is -2.60. The van der Waals surface area contributed by atoms with Gasteiger partial charge in [0.15, 0.2) is 0 Å². The van der Waals surface area contributed by atoms with Gasteiger partial charge in [-0.15, -0.1) is 0 Å². The Morgan fingerprint density at radius 3 is 2.11 bits per heavy atom. The number of esters is 1. The lowest BCUT2D eigenvalue weighted by molar-refractivity contribution is -0.165. The van der Waals surface area contributed by atoms with Crippen LogP contribution in [0.3, 0.4) is 0 Å². The molecular formula is C30H38N2O5. The molecule has 5 aliphatic carbocycles. The van der Waals surface area contributed by atoms with E-state index in [1.807, 2.05) is 4.90 Å². The number of carbonyl (C=O) groups is 4. The van der Waals surface area contributed by atoms with Gasteiger partial charge in [0.2, 0.25) is 11.8 Å². The van der Waals surface area contributed by atoms with Crippen LogP contribution < -0.4 is 4.90 Å². The number of hydrogen-bond donors (Lipinski definition) is 0. The number of benzene rings is 1. The normalized spacial score (nSPS) is 33.2. The standard InChI is InChI=1S/C30H38N2O5/c1-2-37-28(35)22-8-10-24(11-9-22)32-26(33)15-25(27(32)34)31(23-6-4-3-5-7-23)29(36)30-16-19-12-20(17-30)14-21(13-19)18-30/h8-11,19-21,23,25H,2-7,12-18H2,1H3. The Kier molecular flexibility index (Phi) is 6.36. The minimum Gasteiger partial charge on any atom is -0.462 e. The molecule has 37 heavy (non-hydrogen) atoms. The van der Waals surface area contributed by atoms with Crippen LogP contribution in [0, 0.1) is 23.2 Å². The summed E-state index contributed by atoms with van der Waals surface area (Å²) in [5, 5.41) is 0. The summed E-state index contributed by atoms with van der Waals surface area (Å²) in [4.78, 5) is 56.9. The quantitative estimate of drug-likeness (QED) is 0.406. The summed E-state index contributed by atoms with van der Waals surface area (Å²) in [5.74, 6) is 1.05. The minimum absolute atomic E-state index is 0.0298. The maximum atomic E-state index is 14.6. The fourth-order valence-corrected chi connectivity index (χ4v) is 8.63. The maximum absolute atomic E-state index is 14.6. The van der Waals surface area contributed by atoms with Gasteiger partial charge >= 0.3 is 5.97 Å². The molecule has 1 atom stereocenters. The average Bonchev–Trinajstić information content (AvgIpc) is 3.17. The Hall–Kier alpha value is -2.70. The first kappa shape index (κ1) is 24.6. The van der Waals surface area contributed by atoms with E-state index < -0.39 is 12.0 Å². The zero-order valence-corrected chi connectivity index (χ0v) is 21.8. The van der Waals surface area contributed by atoms with Gasteiger partial charge in [0, 0.05) is 6.04 Å². The fourth-order valence-electron chi connectivity index (χ4n) is 8.63. The van der Waals surface area contributed by atoms with Crippen molar-refractivity contribution in [3.63, 3.8) is 0 Å². The molecule has 0 N–H and O–H groups in total. The molecule has 198 valence electrons. The summed E-state index contributed by atoms with van der Waals surface area (Å²) in [6, 6.07) is 5.71. The Labute approximate surface area is 218 Å². The first-order chi connectivity index (χ1) is 17.9. The molecule has 1 aromatic rings. The van der Waals surface area contributed by atoms with Crippen molar-refractivity contribution in [1.29, 1.82) is 0 Å². The average molecular weight is 507 g/mol.